The lowest BCUT2D eigenvalue weighted by molar-refractivity contribution is 0.488. The molecule has 0 radical (unpaired) electrons. The lowest BCUT2D eigenvalue weighted by Crippen LogP contribution is -1.96. The quantitative estimate of drug-likeness (QED) is 0.535. The normalized spacial score (nSPS) is 10.8. The number of nitrogens with zero attached hydrogens (tertiary/aromatic N) is 3. The first kappa shape index (κ1) is 14.0. The lowest BCUT2D eigenvalue weighted by atomic mass is 10.1. The first-order valence-electron chi connectivity index (χ1n) is 7.30. The van der Waals surface area contributed by atoms with Gasteiger partial charge in [-0.15, -0.1) is 0 Å². The summed E-state index contributed by atoms with van der Waals surface area (Å²) in [5.74, 6) is 1.89. The molecule has 7 nitrogen and oxygen atoms in total. The molecule has 7 heteroatoms. The largest absolute Gasteiger partial charge is 0.456 e. The highest BCUT2D eigenvalue weighted by Crippen LogP contribution is 2.36. The van der Waals surface area contributed by atoms with Crippen molar-refractivity contribution in [3.63, 3.8) is 0 Å². The first-order chi connectivity index (χ1) is 11.7. The van der Waals surface area contributed by atoms with E-state index < -0.39 is 0 Å². The van der Waals surface area contributed by atoms with Gasteiger partial charge in [-0.3, -0.25) is 5.10 Å². The Morgan fingerprint density at radius 2 is 1.83 bits per heavy atom. The molecule has 0 aliphatic rings. The number of ether oxygens (including phenoxy) is 1. The molecule has 0 spiro atoms. The highest BCUT2D eigenvalue weighted by atomic mass is 16.5. The number of nitrogens with two attached hydrogens (primary N) is 2. The van der Waals surface area contributed by atoms with Crippen molar-refractivity contribution in [3.05, 3.63) is 54.7 Å². The fourth-order valence-corrected chi connectivity index (χ4v) is 2.52. The van der Waals surface area contributed by atoms with Gasteiger partial charge in [0.05, 0.1) is 16.6 Å². The summed E-state index contributed by atoms with van der Waals surface area (Å²) in [6.45, 7) is 0. The zero-order valence-electron chi connectivity index (χ0n) is 12.6. The summed E-state index contributed by atoms with van der Waals surface area (Å²) in [7, 11) is 0. The van der Waals surface area contributed by atoms with Gasteiger partial charge >= 0.3 is 0 Å². The van der Waals surface area contributed by atoms with E-state index in [1.54, 1.807) is 12.3 Å². The molecule has 24 heavy (non-hydrogen) atoms. The molecule has 0 unspecified atom stereocenters. The smallest absolute Gasteiger partial charge is 0.220 e. The maximum atomic E-state index is 6.01. The fraction of sp³-hybridized carbons (Fsp3) is 0. The van der Waals surface area contributed by atoms with E-state index in [0.29, 0.717) is 23.0 Å². The Kier molecular flexibility index (Phi) is 3.24. The summed E-state index contributed by atoms with van der Waals surface area (Å²) < 4.78 is 6.01. The first-order valence-corrected chi connectivity index (χ1v) is 7.30. The van der Waals surface area contributed by atoms with E-state index >= 15 is 0 Å². The summed E-state index contributed by atoms with van der Waals surface area (Å²) in [5.41, 5.74) is 13.9. The van der Waals surface area contributed by atoms with Crippen LogP contribution < -0.4 is 16.2 Å². The van der Waals surface area contributed by atoms with Crippen LogP contribution in [0.15, 0.2) is 54.7 Å². The van der Waals surface area contributed by atoms with E-state index in [1.807, 2.05) is 42.5 Å². The Morgan fingerprint density at radius 3 is 2.62 bits per heavy atom. The van der Waals surface area contributed by atoms with Crippen molar-refractivity contribution in [1.29, 1.82) is 0 Å². The molecular weight excluding hydrogens is 304 g/mol. The number of aromatic nitrogens is 4. The van der Waals surface area contributed by atoms with E-state index in [4.69, 9.17) is 16.2 Å². The molecule has 0 aliphatic heterocycles. The van der Waals surface area contributed by atoms with Gasteiger partial charge < -0.3 is 16.2 Å². The minimum atomic E-state index is 0.210. The zero-order valence-corrected chi connectivity index (χ0v) is 12.6. The van der Waals surface area contributed by atoms with Crippen LogP contribution in [0, 0.1) is 0 Å². The molecule has 0 saturated carbocycles. The van der Waals surface area contributed by atoms with Crippen molar-refractivity contribution in [2.24, 2.45) is 0 Å². The van der Waals surface area contributed by atoms with Gasteiger partial charge in [0.2, 0.25) is 5.95 Å². The van der Waals surface area contributed by atoms with E-state index in [-0.39, 0.29) is 5.95 Å². The van der Waals surface area contributed by atoms with Crippen LogP contribution >= 0.6 is 0 Å². The van der Waals surface area contributed by atoms with Crippen LogP contribution in [0.5, 0.6) is 11.5 Å². The number of nitrogen functional groups attached to an aromatic ring is 2. The van der Waals surface area contributed by atoms with Gasteiger partial charge in [-0.05, 0) is 30.3 Å². The number of H-pyrrole nitrogens is 1. The fourth-order valence-electron chi connectivity index (χ4n) is 2.52. The topological polar surface area (TPSA) is 116 Å². The predicted octanol–water partition coefficient (Wildman–Crippen LogP) is 2.98. The average Bonchev–Trinajstić information content (AvgIpc) is 2.97. The third-order valence-corrected chi connectivity index (χ3v) is 3.60. The molecule has 0 fully saturated rings. The number of aromatic amines is 1. The monoisotopic (exact) mass is 318 g/mol. The van der Waals surface area contributed by atoms with Crippen LogP contribution in [0.4, 0.5) is 11.8 Å². The van der Waals surface area contributed by atoms with Crippen molar-refractivity contribution in [2.75, 3.05) is 11.5 Å². The van der Waals surface area contributed by atoms with E-state index in [2.05, 4.69) is 20.2 Å². The Labute approximate surface area is 137 Å². The Hall–Kier alpha value is -3.61. The van der Waals surface area contributed by atoms with Gasteiger partial charge in [-0.25, -0.2) is 9.97 Å². The predicted molar refractivity (Wildman–Crippen MR) is 92.5 cm³/mol. The molecule has 4 aromatic rings. The van der Waals surface area contributed by atoms with Crippen LogP contribution in [0.2, 0.25) is 0 Å². The maximum Gasteiger partial charge on any atom is 0.220 e. The molecule has 2 heterocycles. The van der Waals surface area contributed by atoms with Crippen LogP contribution in [0.25, 0.3) is 22.2 Å². The number of fused-ring (bicyclic) bond motifs is 1. The zero-order chi connectivity index (χ0) is 16.5. The number of anilines is 2. The van der Waals surface area contributed by atoms with Crippen molar-refractivity contribution in [2.45, 2.75) is 0 Å². The van der Waals surface area contributed by atoms with Gasteiger partial charge in [-0.1, -0.05) is 18.2 Å². The third kappa shape index (κ3) is 2.48. The number of para-hydroxylation sites is 1. The van der Waals surface area contributed by atoms with Gasteiger partial charge in [0, 0.05) is 11.8 Å². The van der Waals surface area contributed by atoms with Crippen molar-refractivity contribution in [1.82, 2.24) is 20.2 Å². The molecule has 0 bridgehead atoms. The minimum absolute atomic E-state index is 0.210. The Balaban J connectivity index is 1.88. The Bertz CT molecular complexity index is 1010. The standard InChI is InChI=1S/C17H14N6O/c18-16-15-13(22-23-16)8-10(12-6-7-20-17(19)21-12)9-14(15)24-11-4-2-1-3-5-11/h1-9H,(H3,18,22,23)(H2,19,20,21). The summed E-state index contributed by atoms with van der Waals surface area (Å²) in [4.78, 5) is 8.17. The summed E-state index contributed by atoms with van der Waals surface area (Å²) >= 11 is 0. The second-order valence-electron chi connectivity index (χ2n) is 5.22. The second kappa shape index (κ2) is 5.54. The van der Waals surface area contributed by atoms with E-state index in [0.717, 1.165) is 16.5 Å². The van der Waals surface area contributed by atoms with Crippen LogP contribution in [-0.2, 0) is 0 Å². The summed E-state index contributed by atoms with van der Waals surface area (Å²) in [5, 5.41) is 7.70. The summed E-state index contributed by atoms with van der Waals surface area (Å²) in [6, 6.07) is 15.0. The van der Waals surface area contributed by atoms with Gasteiger partial charge in [0.15, 0.2) is 5.82 Å². The molecule has 0 saturated heterocycles. The van der Waals surface area contributed by atoms with E-state index in [1.165, 1.54) is 0 Å². The molecular formula is C17H14N6O. The molecule has 2 aromatic carbocycles. The van der Waals surface area contributed by atoms with Crippen molar-refractivity contribution in [3.8, 4) is 22.8 Å². The molecule has 4 rings (SSSR count). The van der Waals surface area contributed by atoms with Crippen molar-refractivity contribution >= 4 is 22.7 Å². The van der Waals surface area contributed by atoms with Gasteiger partial charge in [0.25, 0.3) is 0 Å². The molecule has 0 aliphatic carbocycles. The van der Waals surface area contributed by atoms with Crippen LogP contribution in [0.1, 0.15) is 0 Å². The average molecular weight is 318 g/mol. The summed E-state index contributed by atoms with van der Waals surface area (Å²) in [6.07, 6.45) is 1.61. The molecule has 2 aromatic heterocycles. The van der Waals surface area contributed by atoms with Crippen LogP contribution in [-0.4, -0.2) is 20.2 Å². The number of rotatable bonds is 3. The van der Waals surface area contributed by atoms with Crippen LogP contribution in [0.3, 0.4) is 0 Å². The molecule has 5 N–H and O–H groups in total. The highest BCUT2D eigenvalue weighted by molar-refractivity contribution is 5.97. The van der Waals surface area contributed by atoms with Crippen molar-refractivity contribution < 1.29 is 4.74 Å². The van der Waals surface area contributed by atoms with Gasteiger partial charge in [0.1, 0.15) is 11.5 Å². The highest BCUT2D eigenvalue weighted by Gasteiger charge is 2.14. The Morgan fingerprint density at radius 1 is 1.00 bits per heavy atom. The number of hydrogen-bond acceptors (Lipinski definition) is 6. The molecule has 0 amide bonds. The van der Waals surface area contributed by atoms with Gasteiger partial charge in [-0.2, -0.15) is 5.10 Å². The molecule has 118 valence electrons. The second-order valence-corrected chi connectivity index (χ2v) is 5.22. The minimum Gasteiger partial charge on any atom is -0.456 e. The third-order valence-electron chi connectivity index (χ3n) is 3.60. The SMILES string of the molecule is Nc1nccc(-c2cc(Oc3ccccc3)c3c(N)n[nH]c3c2)n1. The lowest BCUT2D eigenvalue weighted by Gasteiger charge is -2.10. The number of nitrogens with one attached hydrogen (secondary N) is 1. The molecule has 0 atom stereocenters. The van der Waals surface area contributed by atoms with E-state index in [9.17, 15) is 0 Å². The number of benzene rings is 2. The maximum absolute atomic E-state index is 6.01. The number of hydrogen-bond donors (Lipinski definition) is 3.